The van der Waals surface area contributed by atoms with E-state index in [1.54, 1.807) is 12.3 Å². The molecular formula is C12H13N3O. The summed E-state index contributed by atoms with van der Waals surface area (Å²) in [5.41, 5.74) is 7.18. The highest BCUT2D eigenvalue weighted by Crippen LogP contribution is 2.12. The Kier molecular flexibility index (Phi) is 3.12. The number of rotatable bonds is 3. The fourth-order valence-electron chi connectivity index (χ4n) is 1.65. The standard InChI is InChI=1S/C12H13N3O/c13-7-6-10-4-1-2-5-11(10)15-9-3-8-14-12(15)16/h1-5,8-9H,6-7,13H2. The van der Waals surface area contributed by atoms with E-state index < -0.39 is 0 Å². The van der Waals surface area contributed by atoms with E-state index >= 15 is 0 Å². The van der Waals surface area contributed by atoms with Gasteiger partial charge in [0.1, 0.15) is 0 Å². The van der Waals surface area contributed by atoms with Gasteiger partial charge in [0, 0.05) is 12.4 Å². The molecule has 0 aliphatic heterocycles. The molecule has 0 amide bonds. The first-order chi connectivity index (χ1) is 7.83. The van der Waals surface area contributed by atoms with Gasteiger partial charge in [-0.3, -0.25) is 4.57 Å². The van der Waals surface area contributed by atoms with E-state index in [1.807, 2.05) is 24.3 Å². The summed E-state index contributed by atoms with van der Waals surface area (Å²) in [7, 11) is 0. The minimum atomic E-state index is -0.271. The molecular weight excluding hydrogens is 202 g/mol. The fourth-order valence-corrected chi connectivity index (χ4v) is 1.65. The van der Waals surface area contributed by atoms with Crippen LogP contribution in [0.1, 0.15) is 5.56 Å². The molecule has 1 heterocycles. The van der Waals surface area contributed by atoms with Gasteiger partial charge in [0.05, 0.1) is 5.69 Å². The van der Waals surface area contributed by atoms with Crippen LogP contribution in [0.15, 0.2) is 47.5 Å². The average molecular weight is 215 g/mol. The van der Waals surface area contributed by atoms with E-state index in [-0.39, 0.29) is 5.69 Å². The second-order valence-electron chi connectivity index (χ2n) is 3.44. The maximum absolute atomic E-state index is 11.6. The lowest BCUT2D eigenvalue weighted by Gasteiger charge is -2.09. The second kappa shape index (κ2) is 4.72. The van der Waals surface area contributed by atoms with Crippen molar-refractivity contribution in [2.45, 2.75) is 6.42 Å². The zero-order chi connectivity index (χ0) is 11.4. The van der Waals surface area contributed by atoms with Gasteiger partial charge in [0.2, 0.25) is 0 Å². The van der Waals surface area contributed by atoms with Crippen LogP contribution in [0.5, 0.6) is 0 Å². The van der Waals surface area contributed by atoms with Crippen LogP contribution in [0.2, 0.25) is 0 Å². The fraction of sp³-hybridized carbons (Fsp3) is 0.167. The van der Waals surface area contributed by atoms with Crippen molar-refractivity contribution in [1.29, 1.82) is 0 Å². The topological polar surface area (TPSA) is 60.9 Å². The van der Waals surface area contributed by atoms with Gasteiger partial charge in [-0.2, -0.15) is 0 Å². The molecule has 0 fully saturated rings. The van der Waals surface area contributed by atoms with Crippen molar-refractivity contribution in [2.24, 2.45) is 5.73 Å². The molecule has 0 bridgehead atoms. The van der Waals surface area contributed by atoms with Crippen LogP contribution in [0.3, 0.4) is 0 Å². The Balaban J connectivity index is 2.56. The maximum atomic E-state index is 11.6. The molecule has 1 aromatic carbocycles. The molecule has 0 radical (unpaired) electrons. The quantitative estimate of drug-likeness (QED) is 0.821. The molecule has 16 heavy (non-hydrogen) atoms. The monoisotopic (exact) mass is 215 g/mol. The third kappa shape index (κ3) is 2.01. The predicted molar refractivity (Wildman–Crippen MR) is 62.6 cm³/mol. The Hall–Kier alpha value is -1.94. The Bertz CT molecular complexity index is 534. The van der Waals surface area contributed by atoms with Crippen LogP contribution >= 0.6 is 0 Å². The highest BCUT2D eigenvalue weighted by molar-refractivity contribution is 5.40. The lowest BCUT2D eigenvalue weighted by Crippen LogP contribution is -2.21. The van der Waals surface area contributed by atoms with Crippen molar-refractivity contribution in [2.75, 3.05) is 6.54 Å². The Morgan fingerprint density at radius 1 is 1.25 bits per heavy atom. The molecule has 1 aromatic heterocycles. The van der Waals surface area contributed by atoms with E-state index in [0.29, 0.717) is 6.54 Å². The first-order valence-electron chi connectivity index (χ1n) is 5.15. The summed E-state index contributed by atoms with van der Waals surface area (Å²) in [5, 5.41) is 0. The van der Waals surface area contributed by atoms with Gasteiger partial charge in [-0.1, -0.05) is 18.2 Å². The van der Waals surface area contributed by atoms with E-state index in [2.05, 4.69) is 4.98 Å². The summed E-state index contributed by atoms with van der Waals surface area (Å²) in [6, 6.07) is 9.45. The van der Waals surface area contributed by atoms with Crippen LogP contribution in [0.4, 0.5) is 0 Å². The van der Waals surface area contributed by atoms with Crippen LogP contribution in [-0.4, -0.2) is 16.1 Å². The highest BCUT2D eigenvalue weighted by atomic mass is 16.1. The number of nitrogens with two attached hydrogens (primary N) is 1. The van der Waals surface area contributed by atoms with E-state index in [0.717, 1.165) is 17.7 Å². The second-order valence-corrected chi connectivity index (χ2v) is 3.44. The summed E-state index contributed by atoms with van der Waals surface area (Å²) in [4.78, 5) is 15.3. The Morgan fingerprint density at radius 2 is 2.06 bits per heavy atom. The van der Waals surface area contributed by atoms with Crippen LogP contribution in [0.25, 0.3) is 5.69 Å². The van der Waals surface area contributed by atoms with E-state index in [4.69, 9.17) is 5.73 Å². The number of hydrogen-bond acceptors (Lipinski definition) is 3. The van der Waals surface area contributed by atoms with Gasteiger partial charge in [-0.05, 0) is 30.7 Å². The minimum absolute atomic E-state index is 0.271. The maximum Gasteiger partial charge on any atom is 0.352 e. The highest BCUT2D eigenvalue weighted by Gasteiger charge is 2.04. The van der Waals surface area contributed by atoms with E-state index in [9.17, 15) is 4.79 Å². The molecule has 4 heteroatoms. The molecule has 4 nitrogen and oxygen atoms in total. The third-order valence-corrected chi connectivity index (χ3v) is 2.38. The normalized spacial score (nSPS) is 10.3. The van der Waals surface area contributed by atoms with Crippen molar-refractivity contribution in [1.82, 2.24) is 9.55 Å². The molecule has 0 aliphatic rings. The van der Waals surface area contributed by atoms with Crippen LogP contribution < -0.4 is 11.4 Å². The lowest BCUT2D eigenvalue weighted by molar-refractivity contribution is 0.879. The summed E-state index contributed by atoms with van der Waals surface area (Å²) in [6.07, 6.45) is 3.95. The lowest BCUT2D eigenvalue weighted by atomic mass is 10.1. The minimum Gasteiger partial charge on any atom is -0.330 e. The number of aromatic nitrogens is 2. The molecule has 2 rings (SSSR count). The first-order valence-corrected chi connectivity index (χ1v) is 5.15. The molecule has 0 aliphatic carbocycles. The number of para-hydroxylation sites is 1. The summed E-state index contributed by atoms with van der Waals surface area (Å²) < 4.78 is 1.53. The third-order valence-electron chi connectivity index (χ3n) is 2.38. The van der Waals surface area contributed by atoms with E-state index in [1.165, 1.54) is 10.8 Å². The molecule has 0 saturated heterocycles. The average Bonchev–Trinajstić information content (AvgIpc) is 2.31. The largest absolute Gasteiger partial charge is 0.352 e. The van der Waals surface area contributed by atoms with Gasteiger partial charge in [0.15, 0.2) is 0 Å². The van der Waals surface area contributed by atoms with Crippen molar-refractivity contribution in [3.63, 3.8) is 0 Å². The first kappa shape index (κ1) is 10.6. The molecule has 0 unspecified atom stereocenters. The molecule has 0 saturated carbocycles. The number of benzene rings is 1. The molecule has 0 spiro atoms. The van der Waals surface area contributed by atoms with Gasteiger partial charge in [0.25, 0.3) is 0 Å². The van der Waals surface area contributed by atoms with Gasteiger partial charge < -0.3 is 5.73 Å². The number of nitrogens with zero attached hydrogens (tertiary/aromatic N) is 2. The van der Waals surface area contributed by atoms with Gasteiger partial charge in [-0.25, -0.2) is 9.78 Å². The zero-order valence-electron chi connectivity index (χ0n) is 8.84. The predicted octanol–water partition coefficient (Wildman–Crippen LogP) is 0.734. The van der Waals surface area contributed by atoms with Crippen molar-refractivity contribution >= 4 is 0 Å². The summed E-state index contributed by atoms with van der Waals surface area (Å²) in [6.45, 7) is 0.562. The molecule has 2 aromatic rings. The van der Waals surface area contributed by atoms with Crippen molar-refractivity contribution < 1.29 is 0 Å². The zero-order valence-corrected chi connectivity index (χ0v) is 8.84. The number of hydrogen-bond donors (Lipinski definition) is 1. The van der Waals surface area contributed by atoms with Crippen LogP contribution in [-0.2, 0) is 6.42 Å². The SMILES string of the molecule is NCCc1ccccc1-n1cccnc1=O. The van der Waals surface area contributed by atoms with Crippen molar-refractivity contribution in [3.8, 4) is 5.69 Å². The summed E-state index contributed by atoms with van der Waals surface area (Å²) >= 11 is 0. The smallest absolute Gasteiger partial charge is 0.330 e. The Morgan fingerprint density at radius 3 is 2.81 bits per heavy atom. The van der Waals surface area contributed by atoms with Crippen molar-refractivity contribution in [3.05, 3.63) is 58.8 Å². The molecule has 82 valence electrons. The van der Waals surface area contributed by atoms with Gasteiger partial charge >= 0.3 is 5.69 Å². The Labute approximate surface area is 93.4 Å². The molecule has 2 N–H and O–H groups in total. The van der Waals surface area contributed by atoms with Crippen LogP contribution in [0, 0.1) is 0 Å². The molecule has 0 atom stereocenters. The van der Waals surface area contributed by atoms with Gasteiger partial charge in [-0.15, -0.1) is 0 Å². The summed E-state index contributed by atoms with van der Waals surface area (Å²) in [5.74, 6) is 0.